The standard InChI is InChI=1S/C15H17NOS2/c17-15(11-2-1-3-11)16-8-6-13-4-5-14(19-13)12-7-9-18-10-12/h4-5,7,9-11H,1-3,6,8H2,(H,16,17). The predicted octanol–water partition coefficient (Wildman–Crippen LogP) is 3.94. The molecular formula is C15H17NOS2. The number of thiophene rings is 2. The smallest absolute Gasteiger partial charge is 0.223 e. The molecule has 1 fully saturated rings. The van der Waals surface area contributed by atoms with Crippen LogP contribution in [0.5, 0.6) is 0 Å². The third-order valence-electron chi connectivity index (χ3n) is 3.61. The summed E-state index contributed by atoms with van der Waals surface area (Å²) in [6, 6.07) is 6.50. The molecule has 1 N–H and O–H groups in total. The van der Waals surface area contributed by atoms with E-state index in [1.807, 2.05) is 11.3 Å². The minimum atomic E-state index is 0.251. The number of carbonyl (C=O) groups excluding carboxylic acids is 1. The molecule has 2 aromatic heterocycles. The van der Waals surface area contributed by atoms with Crippen LogP contribution in [0.4, 0.5) is 0 Å². The van der Waals surface area contributed by atoms with E-state index in [-0.39, 0.29) is 5.91 Å². The molecule has 0 atom stereocenters. The Morgan fingerprint density at radius 3 is 2.89 bits per heavy atom. The van der Waals surface area contributed by atoms with E-state index >= 15 is 0 Å². The second-order valence-electron chi connectivity index (χ2n) is 4.95. The van der Waals surface area contributed by atoms with Crippen molar-refractivity contribution in [1.82, 2.24) is 5.32 Å². The zero-order valence-electron chi connectivity index (χ0n) is 10.7. The summed E-state index contributed by atoms with van der Waals surface area (Å²) in [5.41, 5.74) is 1.31. The van der Waals surface area contributed by atoms with Crippen LogP contribution in [0.3, 0.4) is 0 Å². The van der Waals surface area contributed by atoms with E-state index in [9.17, 15) is 4.79 Å². The van der Waals surface area contributed by atoms with Gasteiger partial charge in [0, 0.05) is 27.8 Å². The molecule has 2 aromatic rings. The number of nitrogens with one attached hydrogen (secondary N) is 1. The summed E-state index contributed by atoms with van der Waals surface area (Å²) < 4.78 is 0. The Morgan fingerprint density at radius 1 is 1.32 bits per heavy atom. The maximum absolute atomic E-state index is 11.7. The van der Waals surface area contributed by atoms with Crippen molar-refractivity contribution < 1.29 is 4.79 Å². The normalized spacial score (nSPS) is 15.2. The van der Waals surface area contributed by atoms with Crippen molar-refractivity contribution in [2.75, 3.05) is 6.54 Å². The molecule has 0 unspecified atom stereocenters. The van der Waals surface area contributed by atoms with E-state index in [2.05, 4.69) is 34.3 Å². The molecule has 0 saturated heterocycles. The average Bonchev–Trinajstić information content (AvgIpc) is 2.96. The summed E-state index contributed by atoms with van der Waals surface area (Å²) in [7, 11) is 0. The number of carbonyl (C=O) groups is 1. The van der Waals surface area contributed by atoms with Crippen LogP contribution in [0.25, 0.3) is 10.4 Å². The van der Waals surface area contributed by atoms with Crippen LogP contribution in [-0.2, 0) is 11.2 Å². The topological polar surface area (TPSA) is 29.1 Å². The Balaban J connectivity index is 1.49. The van der Waals surface area contributed by atoms with Crippen molar-refractivity contribution in [2.24, 2.45) is 5.92 Å². The van der Waals surface area contributed by atoms with E-state index in [0.717, 1.165) is 25.8 Å². The van der Waals surface area contributed by atoms with Gasteiger partial charge in [0.15, 0.2) is 0 Å². The van der Waals surface area contributed by atoms with Crippen molar-refractivity contribution >= 4 is 28.6 Å². The number of hydrogen-bond acceptors (Lipinski definition) is 3. The van der Waals surface area contributed by atoms with Gasteiger partial charge in [0.1, 0.15) is 0 Å². The Morgan fingerprint density at radius 2 is 2.21 bits per heavy atom. The van der Waals surface area contributed by atoms with Crippen LogP contribution >= 0.6 is 22.7 Å². The Kier molecular flexibility index (Phi) is 3.99. The zero-order chi connectivity index (χ0) is 13.1. The average molecular weight is 291 g/mol. The van der Waals surface area contributed by atoms with Gasteiger partial charge in [0.2, 0.25) is 5.91 Å². The summed E-state index contributed by atoms with van der Waals surface area (Å²) >= 11 is 3.55. The molecule has 1 saturated carbocycles. The molecule has 3 rings (SSSR count). The maximum atomic E-state index is 11.7. The SMILES string of the molecule is O=C(NCCc1ccc(-c2ccsc2)s1)C1CCC1. The van der Waals surface area contributed by atoms with Crippen LogP contribution in [-0.4, -0.2) is 12.5 Å². The Hall–Kier alpha value is -1.13. The third-order valence-corrected chi connectivity index (χ3v) is 5.49. The van der Waals surface area contributed by atoms with Crippen LogP contribution in [0.15, 0.2) is 29.0 Å². The van der Waals surface area contributed by atoms with Gasteiger partial charge in [-0.05, 0) is 48.2 Å². The van der Waals surface area contributed by atoms with Gasteiger partial charge in [0.25, 0.3) is 0 Å². The van der Waals surface area contributed by atoms with Crippen LogP contribution < -0.4 is 5.32 Å². The molecule has 0 spiro atoms. The van der Waals surface area contributed by atoms with E-state index in [1.165, 1.54) is 21.7 Å². The molecular weight excluding hydrogens is 274 g/mol. The molecule has 1 aliphatic carbocycles. The molecule has 19 heavy (non-hydrogen) atoms. The fourth-order valence-corrected chi connectivity index (χ4v) is 3.93. The first kappa shape index (κ1) is 12.9. The molecule has 1 aliphatic rings. The van der Waals surface area contributed by atoms with Crippen LogP contribution in [0.1, 0.15) is 24.1 Å². The lowest BCUT2D eigenvalue weighted by molar-refractivity contribution is -0.127. The monoisotopic (exact) mass is 291 g/mol. The summed E-state index contributed by atoms with van der Waals surface area (Å²) in [4.78, 5) is 14.4. The third kappa shape index (κ3) is 3.07. The lowest BCUT2D eigenvalue weighted by Crippen LogP contribution is -2.35. The Bertz CT molecular complexity index is 540. The summed E-state index contributed by atoms with van der Waals surface area (Å²) in [6.45, 7) is 0.763. The fourth-order valence-electron chi connectivity index (χ4n) is 2.20. The van der Waals surface area contributed by atoms with Gasteiger partial charge in [-0.3, -0.25) is 4.79 Å². The van der Waals surface area contributed by atoms with Crippen LogP contribution in [0, 0.1) is 5.92 Å². The van der Waals surface area contributed by atoms with E-state index in [1.54, 1.807) is 11.3 Å². The number of rotatable bonds is 5. The van der Waals surface area contributed by atoms with Crippen LogP contribution in [0.2, 0.25) is 0 Å². The first-order valence-corrected chi connectivity index (χ1v) is 8.48. The largest absolute Gasteiger partial charge is 0.356 e. The highest BCUT2D eigenvalue weighted by Crippen LogP contribution is 2.30. The molecule has 0 radical (unpaired) electrons. The highest BCUT2D eigenvalue weighted by atomic mass is 32.1. The van der Waals surface area contributed by atoms with E-state index in [4.69, 9.17) is 0 Å². The molecule has 1 amide bonds. The summed E-state index contributed by atoms with van der Waals surface area (Å²) in [5.74, 6) is 0.547. The maximum Gasteiger partial charge on any atom is 0.223 e. The van der Waals surface area contributed by atoms with Crippen molar-refractivity contribution in [3.63, 3.8) is 0 Å². The lowest BCUT2D eigenvalue weighted by atomic mass is 9.85. The van der Waals surface area contributed by atoms with Gasteiger partial charge in [-0.2, -0.15) is 11.3 Å². The highest BCUT2D eigenvalue weighted by molar-refractivity contribution is 7.16. The Labute approximate surface area is 121 Å². The molecule has 2 nitrogen and oxygen atoms in total. The molecule has 2 heterocycles. The summed E-state index contributed by atoms with van der Waals surface area (Å²) in [5, 5.41) is 7.33. The van der Waals surface area contributed by atoms with Crippen molar-refractivity contribution in [1.29, 1.82) is 0 Å². The second-order valence-corrected chi connectivity index (χ2v) is 6.90. The lowest BCUT2D eigenvalue weighted by Gasteiger charge is -2.23. The fraction of sp³-hybridized carbons (Fsp3) is 0.400. The first-order chi connectivity index (χ1) is 9.33. The molecule has 0 bridgehead atoms. The predicted molar refractivity (Wildman–Crippen MR) is 81.7 cm³/mol. The van der Waals surface area contributed by atoms with Gasteiger partial charge < -0.3 is 5.32 Å². The minimum Gasteiger partial charge on any atom is -0.356 e. The molecule has 100 valence electrons. The molecule has 0 aliphatic heterocycles. The van der Waals surface area contributed by atoms with Gasteiger partial charge >= 0.3 is 0 Å². The quantitative estimate of drug-likeness (QED) is 0.888. The number of amides is 1. The highest BCUT2D eigenvalue weighted by Gasteiger charge is 2.24. The minimum absolute atomic E-state index is 0.251. The molecule has 4 heteroatoms. The van der Waals surface area contributed by atoms with Gasteiger partial charge in [0.05, 0.1) is 0 Å². The first-order valence-electron chi connectivity index (χ1n) is 6.72. The van der Waals surface area contributed by atoms with Gasteiger partial charge in [-0.25, -0.2) is 0 Å². The molecule has 0 aromatic carbocycles. The second kappa shape index (κ2) is 5.88. The van der Waals surface area contributed by atoms with Crippen molar-refractivity contribution in [3.05, 3.63) is 33.8 Å². The van der Waals surface area contributed by atoms with Crippen molar-refractivity contribution in [2.45, 2.75) is 25.7 Å². The van der Waals surface area contributed by atoms with Gasteiger partial charge in [-0.1, -0.05) is 6.42 Å². The zero-order valence-corrected chi connectivity index (χ0v) is 12.4. The van der Waals surface area contributed by atoms with Crippen molar-refractivity contribution in [3.8, 4) is 10.4 Å². The van der Waals surface area contributed by atoms with E-state index < -0.39 is 0 Å². The summed E-state index contributed by atoms with van der Waals surface area (Å²) in [6.07, 6.45) is 4.31. The van der Waals surface area contributed by atoms with Gasteiger partial charge in [-0.15, -0.1) is 11.3 Å². The number of hydrogen-bond donors (Lipinski definition) is 1. The van der Waals surface area contributed by atoms with E-state index in [0.29, 0.717) is 5.92 Å².